The van der Waals surface area contributed by atoms with Crippen LogP contribution < -0.4 is 0 Å². The Hall–Kier alpha value is -1.09. The molecule has 3 aliphatic rings. The first kappa shape index (κ1) is 19.7. The Morgan fingerprint density at radius 3 is 2.27 bits per heavy atom. The molecule has 0 bridgehead atoms. The molecular formula is C14H24N2O10. The minimum atomic E-state index is -1.63. The lowest BCUT2D eigenvalue weighted by Gasteiger charge is -2.42. The van der Waals surface area contributed by atoms with E-state index in [9.17, 15) is 35.7 Å². The number of rotatable bonds is 3. The minimum Gasteiger partial charge on any atom is -0.463 e. The quantitative estimate of drug-likeness (QED) is 0.248. The Balaban J connectivity index is 1.72. The van der Waals surface area contributed by atoms with Crippen molar-refractivity contribution in [1.29, 1.82) is 0 Å². The van der Waals surface area contributed by atoms with Gasteiger partial charge in [-0.15, -0.1) is 0 Å². The van der Waals surface area contributed by atoms with Gasteiger partial charge < -0.3 is 50.0 Å². The van der Waals surface area contributed by atoms with Gasteiger partial charge in [0.1, 0.15) is 49.3 Å². The Bertz CT molecular complexity index is 534. The van der Waals surface area contributed by atoms with Crippen molar-refractivity contribution in [2.75, 3.05) is 20.3 Å². The minimum absolute atomic E-state index is 0.0725. The summed E-state index contributed by atoms with van der Waals surface area (Å²) in [5.74, 6) is 0. The molecule has 0 amide bonds. The van der Waals surface area contributed by atoms with Crippen LogP contribution in [0.15, 0.2) is 4.99 Å². The fourth-order valence-electron chi connectivity index (χ4n) is 3.36. The number of nitrogens with zero attached hydrogens (tertiary/aromatic N) is 2. The van der Waals surface area contributed by atoms with Crippen molar-refractivity contribution in [2.45, 2.75) is 61.3 Å². The zero-order chi connectivity index (χ0) is 19.2. The lowest BCUT2D eigenvalue weighted by Crippen LogP contribution is -2.65. The molecule has 0 saturated carbocycles. The van der Waals surface area contributed by atoms with Crippen LogP contribution in [-0.2, 0) is 14.2 Å². The molecule has 0 aliphatic carbocycles. The van der Waals surface area contributed by atoms with Crippen LogP contribution >= 0.6 is 0 Å². The van der Waals surface area contributed by atoms with Gasteiger partial charge in [0.05, 0.1) is 12.6 Å². The van der Waals surface area contributed by atoms with E-state index in [1.165, 1.54) is 7.11 Å². The van der Waals surface area contributed by atoms with E-state index in [-0.39, 0.29) is 19.2 Å². The summed E-state index contributed by atoms with van der Waals surface area (Å²) < 4.78 is 15.6. The third kappa shape index (κ3) is 3.17. The van der Waals surface area contributed by atoms with Crippen molar-refractivity contribution in [3.8, 4) is 0 Å². The van der Waals surface area contributed by atoms with E-state index < -0.39 is 61.3 Å². The zero-order valence-electron chi connectivity index (χ0n) is 13.9. The molecule has 3 rings (SSSR count). The largest absolute Gasteiger partial charge is 0.463 e. The number of aliphatic hydroxyl groups is 7. The van der Waals surface area contributed by atoms with Gasteiger partial charge >= 0.3 is 0 Å². The summed E-state index contributed by atoms with van der Waals surface area (Å²) in [4.78, 5) is 5.21. The van der Waals surface area contributed by atoms with E-state index in [2.05, 4.69) is 4.99 Å². The van der Waals surface area contributed by atoms with Crippen LogP contribution in [0.5, 0.6) is 0 Å². The van der Waals surface area contributed by atoms with Crippen LogP contribution in [-0.4, -0.2) is 128 Å². The molecule has 0 aromatic carbocycles. The van der Waals surface area contributed by atoms with E-state index in [0.717, 1.165) is 4.90 Å². The monoisotopic (exact) mass is 380 g/mol. The number of hydrogen-bond donors (Lipinski definition) is 7. The molecular weight excluding hydrogens is 356 g/mol. The van der Waals surface area contributed by atoms with E-state index in [0.29, 0.717) is 0 Å². The molecule has 3 heterocycles. The fraction of sp³-hybridized carbons (Fsp3) is 0.929. The summed E-state index contributed by atoms with van der Waals surface area (Å²) in [7, 11) is 1.27. The van der Waals surface area contributed by atoms with Crippen LogP contribution in [0.4, 0.5) is 0 Å². The summed E-state index contributed by atoms with van der Waals surface area (Å²) in [6.07, 6.45) is -12.6. The summed E-state index contributed by atoms with van der Waals surface area (Å²) in [6.45, 7) is -0.290. The van der Waals surface area contributed by atoms with E-state index >= 15 is 0 Å². The Morgan fingerprint density at radius 2 is 1.62 bits per heavy atom. The summed E-state index contributed by atoms with van der Waals surface area (Å²) >= 11 is 0. The van der Waals surface area contributed by atoms with Gasteiger partial charge in [-0.2, -0.15) is 0 Å². The van der Waals surface area contributed by atoms with Gasteiger partial charge in [-0.1, -0.05) is 0 Å². The molecule has 0 aromatic rings. The molecule has 12 nitrogen and oxygen atoms in total. The third-order valence-electron chi connectivity index (χ3n) is 4.95. The van der Waals surface area contributed by atoms with Gasteiger partial charge in [0.2, 0.25) is 0 Å². The van der Waals surface area contributed by atoms with Gasteiger partial charge in [-0.05, 0) is 0 Å². The van der Waals surface area contributed by atoms with Crippen molar-refractivity contribution in [3.63, 3.8) is 0 Å². The van der Waals surface area contributed by atoms with E-state index in [1.54, 1.807) is 0 Å². The zero-order valence-corrected chi connectivity index (χ0v) is 13.9. The first-order valence-electron chi connectivity index (χ1n) is 8.18. The molecule has 7 N–H and O–H groups in total. The molecule has 12 heteroatoms. The van der Waals surface area contributed by atoms with Crippen LogP contribution in [0.25, 0.3) is 0 Å². The molecule has 10 atom stereocenters. The molecule has 0 aromatic heterocycles. The number of ether oxygens (including phenoxy) is 3. The fourth-order valence-corrected chi connectivity index (χ4v) is 3.36. The van der Waals surface area contributed by atoms with Crippen LogP contribution in [0, 0.1) is 0 Å². The molecule has 0 spiro atoms. The van der Waals surface area contributed by atoms with Crippen molar-refractivity contribution >= 4 is 6.02 Å². The highest BCUT2D eigenvalue weighted by atomic mass is 16.7. The topological polar surface area (TPSA) is 185 Å². The number of aliphatic imine (C=N–C) groups is 1. The summed E-state index contributed by atoms with van der Waals surface area (Å²) in [6, 6.07) is -0.920. The summed E-state index contributed by atoms with van der Waals surface area (Å²) in [5.41, 5.74) is 0. The average molecular weight is 380 g/mol. The lowest BCUT2D eigenvalue weighted by atomic mass is 9.94. The predicted molar refractivity (Wildman–Crippen MR) is 81.6 cm³/mol. The predicted octanol–water partition coefficient (Wildman–Crippen LogP) is -5.09. The molecule has 0 radical (unpaired) electrons. The van der Waals surface area contributed by atoms with Gasteiger partial charge in [0, 0.05) is 7.11 Å². The molecule has 150 valence electrons. The van der Waals surface area contributed by atoms with Crippen LogP contribution in [0.3, 0.4) is 0 Å². The molecule has 3 fully saturated rings. The Kier molecular flexibility index (Phi) is 5.67. The van der Waals surface area contributed by atoms with Crippen molar-refractivity contribution in [3.05, 3.63) is 0 Å². The average Bonchev–Trinajstić information content (AvgIpc) is 3.06. The standard InChI is InChI=1S/C14H24N2O10/c1-24-13-11(22)9(20)7(18)5(26-13)2-15-14-16-4(3-25-14)6(17)8(19)10(21)12(16)23/h4-13,17-23H,2-3H2,1H3/t4-,5-,6-,7-,8+,9+,10-,11-,12-,13-/m1/s1. The number of amidine groups is 1. The maximum atomic E-state index is 10.1. The highest BCUT2D eigenvalue weighted by Gasteiger charge is 2.52. The second kappa shape index (κ2) is 7.50. The lowest BCUT2D eigenvalue weighted by molar-refractivity contribution is -0.287. The van der Waals surface area contributed by atoms with E-state index in [4.69, 9.17) is 14.2 Å². The smallest absolute Gasteiger partial charge is 0.290 e. The first-order valence-corrected chi connectivity index (χ1v) is 8.18. The van der Waals surface area contributed by atoms with E-state index in [1.807, 2.05) is 0 Å². The van der Waals surface area contributed by atoms with Crippen molar-refractivity contribution in [2.24, 2.45) is 4.99 Å². The highest BCUT2D eigenvalue weighted by molar-refractivity contribution is 5.76. The van der Waals surface area contributed by atoms with Gasteiger partial charge in [0.25, 0.3) is 6.02 Å². The number of aliphatic hydroxyl groups excluding tert-OH is 7. The van der Waals surface area contributed by atoms with Crippen LogP contribution in [0.1, 0.15) is 0 Å². The second-order valence-corrected chi connectivity index (χ2v) is 6.54. The maximum Gasteiger partial charge on any atom is 0.290 e. The Morgan fingerprint density at radius 1 is 0.962 bits per heavy atom. The van der Waals surface area contributed by atoms with Gasteiger partial charge in [0.15, 0.2) is 12.5 Å². The normalized spacial score (nSPS) is 50.6. The molecule has 26 heavy (non-hydrogen) atoms. The number of hydrogen-bond acceptors (Lipinski definition) is 11. The highest BCUT2D eigenvalue weighted by Crippen LogP contribution is 2.29. The SMILES string of the molecule is CO[C@@H]1O[C@H](CN=C2OC[C@@H]3[C@@H](O)[C@H](O)[C@@H](O)[C@@H](O)N23)[C@@H](O)[C@H](O)[C@H]1O. The van der Waals surface area contributed by atoms with Gasteiger partial charge in [-0.3, -0.25) is 4.90 Å². The number of fused-ring (bicyclic) bond motifs is 1. The molecule has 3 saturated heterocycles. The third-order valence-corrected chi connectivity index (χ3v) is 4.95. The van der Waals surface area contributed by atoms with Crippen LogP contribution in [0.2, 0.25) is 0 Å². The van der Waals surface area contributed by atoms with Crippen molar-refractivity contribution in [1.82, 2.24) is 4.90 Å². The second-order valence-electron chi connectivity index (χ2n) is 6.54. The molecule has 3 aliphatic heterocycles. The number of methoxy groups -OCH3 is 1. The maximum absolute atomic E-state index is 10.1. The number of piperidine rings is 1. The molecule has 0 unspecified atom stereocenters. The Labute approximate surface area is 148 Å². The van der Waals surface area contributed by atoms with Crippen molar-refractivity contribution < 1.29 is 50.0 Å². The summed E-state index contributed by atoms with van der Waals surface area (Å²) in [5, 5.41) is 69.3. The van der Waals surface area contributed by atoms with Gasteiger partial charge in [-0.25, -0.2) is 4.99 Å². The first-order chi connectivity index (χ1) is 12.3.